The predicted octanol–water partition coefficient (Wildman–Crippen LogP) is 2.32. The highest BCUT2D eigenvalue weighted by Gasteiger charge is 2.33. The number of amides is 1. The summed E-state index contributed by atoms with van der Waals surface area (Å²) in [7, 11) is 1.64. The van der Waals surface area contributed by atoms with E-state index in [1.807, 2.05) is 60.7 Å². The topological polar surface area (TPSA) is 75.8 Å². The zero-order valence-corrected chi connectivity index (χ0v) is 16.0. The van der Waals surface area contributed by atoms with Gasteiger partial charge in [0, 0.05) is 13.6 Å². The number of nitrogens with two attached hydrogens (primary N) is 1. The molecule has 2 aromatic carbocycles. The van der Waals surface area contributed by atoms with E-state index in [4.69, 9.17) is 10.5 Å². The molecule has 2 unspecified atom stereocenters. The Bertz CT molecular complexity index is 665. The molecule has 0 fully saturated rings. The molecule has 1 amide bonds. The third kappa shape index (κ3) is 6.11. The molecule has 0 aliphatic rings. The monoisotopic (exact) mass is 378 g/mol. The molecule has 2 aromatic rings. The number of aliphatic hydroxyl groups is 1. The van der Waals surface area contributed by atoms with Crippen molar-refractivity contribution in [2.75, 3.05) is 20.2 Å². The van der Waals surface area contributed by atoms with Gasteiger partial charge in [-0.1, -0.05) is 60.7 Å². The standard InChI is InChI=1S/C20H26N2O3.ClH/c1-20(21,17-11-7-4-8-12-17)19(24)22(2)13-18(23)15-25-14-16-9-5-3-6-10-16;/h3-12,18,23H,13-15,21H2,1-2H3;1H. The Morgan fingerprint density at radius 2 is 1.69 bits per heavy atom. The average Bonchev–Trinajstić information content (AvgIpc) is 2.62. The lowest BCUT2D eigenvalue weighted by molar-refractivity contribution is -0.137. The normalized spacial score (nSPS) is 14.0. The van der Waals surface area contributed by atoms with Gasteiger partial charge in [-0.3, -0.25) is 4.79 Å². The number of ether oxygens (including phenoxy) is 1. The van der Waals surface area contributed by atoms with Crippen molar-refractivity contribution < 1.29 is 14.6 Å². The van der Waals surface area contributed by atoms with Crippen molar-refractivity contribution in [1.82, 2.24) is 4.90 Å². The van der Waals surface area contributed by atoms with Gasteiger partial charge in [0.05, 0.1) is 19.3 Å². The van der Waals surface area contributed by atoms with E-state index in [0.29, 0.717) is 6.61 Å². The van der Waals surface area contributed by atoms with E-state index in [9.17, 15) is 9.90 Å². The second kappa shape index (κ2) is 10.3. The molecule has 0 spiro atoms. The maximum Gasteiger partial charge on any atom is 0.246 e. The largest absolute Gasteiger partial charge is 0.389 e. The predicted molar refractivity (Wildman–Crippen MR) is 105 cm³/mol. The molecule has 0 bridgehead atoms. The fraction of sp³-hybridized carbons (Fsp3) is 0.350. The van der Waals surface area contributed by atoms with Gasteiger partial charge in [0.15, 0.2) is 0 Å². The smallest absolute Gasteiger partial charge is 0.246 e. The van der Waals surface area contributed by atoms with Crippen LogP contribution in [0.1, 0.15) is 18.1 Å². The van der Waals surface area contributed by atoms with E-state index < -0.39 is 11.6 Å². The molecule has 2 atom stereocenters. The zero-order chi connectivity index (χ0) is 18.3. The van der Waals surface area contributed by atoms with Crippen LogP contribution in [0.3, 0.4) is 0 Å². The van der Waals surface area contributed by atoms with Crippen LogP contribution in [0.5, 0.6) is 0 Å². The third-order valence-corrected chi connectivity index (χ3v) is 4.07. The molecule has 0 aliphatic carbocycles. The maximum atomic E-state index is 12.6. The summed E-state index contributed by atoms with van der Waals surface area (Å²) in [4.78, 5) is 14.1. The van der Waals surface area contributed by atoms with Crippen molar-refractivity contribution in [2.24, 2.45) is 5.73 Å². The molecule has 2 rings (SSSR count). The molecule has 5 nitrogen and oxygen atoms in total. The first-order valence-corrected chi connectivity index (χ1v) is 8.31. The minimum absolute atomic E-state index is 0. The van der Waals surface area contributed by atoms with Gasteiger partial charge in [-0.05, 0) is 18.1 Å². The molecule has 3 N–H and O–H groups in total. The van der Waals surface area contributed by atoms with E-state index in [1.54, 1.807) is 14.0 Å². The SMILES string of the molecule is CN(CC(O)COCc1ccccc1)C(=O)C(C)(N)c1ccccc1.Cl. The number of rotatable bonds is 8. The lowest BCUT2D eigenvalue weighted by Gasteiger charge is -2.30. The van der Waals surface area contributed by atoms with Gasteiger partial charge in [0.2, 0.25) is 5.91 Å². The highest BCUT2D eigenvalue weighted by Crippen LogP contribution is 2.19. The summed E-state index contributed by atoms with van der Waals surface area (Å²) in [6.45, 7) is 2.42. The number of nitrogens with zero attached hydrogens (tertiary/aromatic N) is 1. The Hall–Kier alpha value is -1.92. The summed E-state index contributed by atoms with van der Waals surface area (Å²) in [5.41, 5.74) is 6.87. The van der Waals surface area contributed by atoms with Crippen LogP contribution < -0.4 is 5.73 Å². The Morgan fingerprint density at radius 1 is 1.15 bits per heavy atom. The van der Waals surface area contributed by atoms with E-state index in [2.05, 4.69) is 0 Å². The summed E-state index contributed by atoms with van der Waals surface area (Å²) < 4.78 is 5.51. The molecule has 0 saturated carbocycles. The second-order valence-corrected chi connectivity index (χ2v) is 6.41. The van der Waals surface area contributed by atoms with Crippen LogP contribution in [0.15, 0.2) is 60.7 Å². The number of hydrogen-bond acceptors (Lipinski definition) is 4. The lowest BCUT2D eigenvalue weighted by Crippen LogP contribution is -2.51. The molecular weight excluding hydrogens is 352 g/mol. The number of hydrogen-bond donors (Lipinski definition) is 2. The molecule has 6 heteroatoms. The summed E-state index contributed by atoms with van der Waals surface area (Å²) in [6.07, 6.45) is -0.774. The zero-order valence-electron chi connectivity index (χ0n) is 15.2. The highest BCUT2D eigenvalue weighted by molar-refractivity contribution is 5.87. The fourth-order valence-corrected chi connectivity index (χ4v) is 2.64. The first-order chi connectivity index (χ1) is 11.9. The van der Waals surface area contributed by atoms with Crippen LogP contribution in [0.25, 0.3) is 0 Å². The molecular formula is C20H27ClN2O3. The molecule has 26 heavy (non-hydrogen) atoms. The average molecular weight is 379 g/mol. The van der Waals surface area contributed by atoms with Crippen molar-refractivity contribution in [1.29, 1.82) is 0 Å². The second-order valence-electron chi connectivity index (χ2n) is 6.41. The van der Waals surface area contributed by atoms with Crippen LogP contribution in [-0.2, 0) is 21.7 Å². The Labute approximate surface area is 161 Å². The molecule has 0 radical (unpaired) electrons. The molecule has 0 heterocycles. The van der Waals surface area contributed by atoms with Crippen LogP contribution in [0, 0.1) is 0 Å². The van der Waals surface area contributed by atoms with Gasteiger partial charge in [-0.15, -0.1) is 12.4 Å². The minimum Gasteiger partial charge on any atom is -0.389 e. The van der Waals surface area contributed by atoms with Crippen LogP contribution in [0.4, 0.5) is 0 Å². The van der Waals surface area contributed by atoms with Gasteiger partial charge in [0.25, 0.3) is 0 Å². The first-order valence-electron chi connectivity index (χ1n) is 8.31. The number of carbonyl (C=O) groups excluding carboxylic acids is 1. The summed E-state index contributed by atoms with van der Waals surface area (Å²) in [5, 5.41) is 10.1. The number of benzene rings is 2. The first kappa shape index (κ1) is 22.1. The van der Waals surface area contributed by atoms with E-state index in [-0.39, 0.29) is 31.5 Å². The number of aliphatic hydroxyl groups excluding tert-OH is 1. The van der Waals surface area contributed by atoms with Gasteiger partial charge >= 0.3 is 0 Å². The Balaban J connectivity index is 0.00000338. The van der Waals surface area contributed by atoms with Crippen molar-refractivity contribution in [3.63, 3.8) is 0 Å². The lowest BCUT2D eigenvalue weighted by atomic mass is 9.91. The van der Waals surface area contributed by atoms with Gasteiger partial charge < -0.3 is 20.5 Å². The van der Waals surface area contributed by atoms with E-state index in [1.165, 1.54) is 4.90 Å². The maximum absolute atomic E-state index is 12.6. The summed E-state index contributed by atoms with van der Waals surface area (Å²) >= 11 is 0. The number of halogens is 1. The quantitative estimate of drug-likeness (QED) is 0.739. The van der Waals surface area contributed by atoms with Crippen molar-refractivity contribution in [2.45, 2.75) is 25.2 Å². The van der Waals surface area contributed by atoms with E-state index >= 15 is 0 Å². The Kier molecular flexibility index (Phi) is 8.75. The third-order valence-electron chi connectivity index (χ3n) is 4.07. The van der Waals surface area contributed by atoms with Crippen molar-refractivity contribution in [3.8, 4) is 0 Å². The van der Waals surface area contributed by atoms with Gasteiger partial charge in [-0.2, -0.15) is 0 Å². The molecule has 0 aromatic heterocycles. The van der Waals surface area contributed by atoms with Crippen molar-refractivity contribution in [3.05, 3.63) is 71.8 Å². The van der Waals surface area contributed by atoms with Crippen LogP contribution in [-0.4, -0.2) is 42.2 Å². The van der Waals surface area contributed by atoms with E-state index in [0.717, 1.165) is 11.1 Å². The van der Waals surface area contributed by atoms with Gasteiger partial charge in [-0.25, -0.2) is 0 Å². The van der Waals surface area contributed by atoms with Crippen LogP contribution >= 0.6 is 12.4 Å². The molecule has 0 aliphatic heterocycles. The highest BCUT2D eigenvalue weighted by atomic mass is 35.5. The fourth-order valence-electron chi connectivity index (χ4n) is 2.64. The van der Waals surface area contributed by atoms with Gasteiger partial charge in [0.1, 0.15) is 5.54 Å². The Morgan fingerprint density at radius 3 is 2.27 bits per heavy atom. The summed E-state index contributed by atoms with van der Waals surface area (Å²) in [5.74, 6) is -0.249. The number of likely N-dealkylation sites (N-methyl/N-ethyl adjacent to an activating group) is 1. The molecule has 0 saturated heterocycles. The van der Waals surface area contributed by atoms with Crippen molar-refractivity contribution >= 4 is 18.3 Å². The number of carbonyl (C=O) groups is 1. The van der Waals surface area contributed by atoms with Crippen LogP contribution in [0.2, 0.25) is 0 Å². The molecule has 142 valence electrons. The minimum atomic E-state index is -1.14. The summed E-state index contributed by atoms with van der Waals surface area (Å²) in [6, 6.07) is 19.0.